The molecule has 0 bridgehead atoms. The van der Waals surface area contributed by atoms with Crippen LogP contribution in [0.25, 0.3) is 0 Å². The van der Waals surface area contributed by atoms with E-state index in [-0.39, 0.29) is 17.9 Å². The van der Waals surface area contributed by atoms with E-state index in [2.05, 4.69) is 5.32 Å². The van der Waals surface area contributed by atoms with Gasteiger partial charge in [0.15, 0.2) is 0 Å². The van der Waals surface area contributed by atoms with Crippen molar-refractivity contribution in [2.24, 2.45) is 0 Å². The number of amides is 2. The number of nitrogens with zero attached hydrogens (tertiary/aromatic N) is 1. The van der Waals surface area contributed by atoms with Gasteiger partial charge in [-0.25, -0.2) is 4.79 Å². The van der Waals surface area contributed by atoms with Gasteiger partial charge in [0.05, 0.1) is 5.57 Å². The largest absolute Gasteiger partial charge is 0.450 e. The molecule has 0 atom stereocenters. The summed E-state index contributed by atoms with van der Waals surface area (Å²) in [5.41, 5.74) is 0.0483. The van der Waals surface area contributed by atoms with Crippen LogP contribution in [0.15, 0.2) is 11.1 Å². The summed E-state index contributed by atoms with van der Waals surface area (Å²) >= 11 is 0. The molecule has 1 spiro atoms. The van der Waals surface area contributed by atoms with Gasteiger partial charge in [-0.3, -0.25) is 9.59 Å². The average Bonchev–Trinajstić information content (AvgIpc) is 2.79. The fourth-order valence-electron chi connectivity index (χ4n) is 4.17. The zero-order valence-electron chi connectivity index (χ0n) is 14.5. The Morgan fingerprint density at radius 3 is 2.38 bits per heavy atom. The molecule has 0 unspecified atom stereocenters. The fourth-order valence-corrected chi connectivity index (χ4v) is 4.17. The molecule has 0 aromatic rings. The van der Waals surface area contributed by atoms with E-state index in [9.17, 15) is 14.4 Å². The minimum absolute atomic E-state index is 0.0167. The van der Waals surface area contributed by atoms with Gasteiger partial charge in [0.2, 0.25) is 5.91 Å². The summed E-state index contributed by atoms with van der Waals surface area (Å²) in [7, 11) is 0. The Labute approximate surface area is 142 Å². The number of carbonyl (C=O) groups is 3. The molecule has 3 rings (SSSR count). The molecule has 1 N–H and O–H groups in total. The maximum absolute atomic E-state index is 12.9. The maximum atomic E-state index is 12.9. The predicted octanol–water partition coefficient (Wildman–Crippen LogP) is 1.69. The van der Waals surface area contributed by atoms with E-state index in [1.165, 1.54) is 13.3 Å². The molecule has 2 amide bonds. The predicted molar refractivity (Wildman–Crippen MR) is 88.0 cm³/mol. The third-order valence-corrected chi connectivity index (χ3v) is 5.61. The van der Waals surface area contributed by atoms with Crippen LogP contribution in [0.4, 0.5) is 0 Å². The van der Waals surface area contributed by atoms with Crippen LogP contribution in [0.1, 0.15) is 58.8 Å². The number of likely N-dealkylation sites (tertiary alicyclic amines) is 1. The van der Waals surface area contributed by atoms with Crippen molar-refractivity contribution in [2.75, 3.05) is 13.1 Å². The monoisotopic (exact) mass is 334 g/mol. The SMILES string of the molecule is CC(=O)N1CCC2(CC1)OC(=O)C(C)=C2C(=O)NC1CCCCC1. The van der Waals surface area contributed by atoms with Gasteiger partial charge < -0.3 is 15.0 Å². The van der Waals surface area contributed by atoms with Crippen LogP contribution in [-0.4, -0.2) is 47.4 Å². The second-order valence-corrected chi connectivity index (χ2v) is 7.20. The topological polar surface area (TPSA) is 75.7 Å². The molecule has 2 aliphatic heterocycles. The van der Waals surface area contributed by atoms with Crippen molar-refractivity contribution in [1.82, 2.24) is 10.2 Å². The first-order valence-electron chi connectivity index (χ1n) is 8.94. The number of esters is 1. The Bertz CT molecular complexity index is 582. The Hall–Kier alpha value is -1.85. The summed E-state index contributed by atoms with van der Waals surface area (Å²) in [6, 6.07) is 0.191. The second kappa shape index (κ2) is 6.57. The highest BCUT2D eigenvalue weighted by molar-refractivity contribution is 6.07. The molecule has 6 nitrogen and oxygen atoms in total. The van der Waals surface area contributed by atoms with Crippen molar-refractivity contribution in [3.05, 3.63) is 11.1 Å². The highest BCUT2D eigenvalue weighted by atomic mass is 16.6. The first kappa shape index (κ1) is 17.0. The molecule has 0 aromatic heterocycles. The summed E-state index contributed by atoms with van der Waals surface area (Å²) < 4.78 is 5.64. The molecule has 24 heavy (non-hydrogen) atoms. The van der Waals surface area contributed by atoms with Crippen molar-refractivity contribution in [2.45, 2.75) is 70.4 Å². The van der Waals surface area contributed by atoms with Gasteiger partial charge in [-0.1, -0.05) is 19.3 Å². The van der Waals surface area contributed by atoms with Gasteiger partial charge in [0.1, 0.15) is 5.60 Å². The average molecular weight is 334 g/mol. The van der Waals surface area contributed by atoms with E-state index >= 15 is 0 Å². The Morgan fingerprint density at radius 2 is 1.79 bits per heavy atom. The van der Waals surface area contributed by atoms with Crippen LogP contribution in [0.3, 0.4) is 0 Å². The number of ether oxygens (including phenoxy) is 1. The summed E-state index contributed by atoms with van der Waals surface area (Å²) in [6.07, 6.45) is 6.47. The van der Waals surface area contributed by atoms with E-state index in [0.29, 0.717) is 37.1 Å². The lowest BCUT2D eigenvalue weighted by atomic mass is 9.82. The Balaban J connectivity index is 1.76. The van der Waals surface area contributed by atoms with Crippen LogP contribution in [0, 0.1) is 0 Å². The number of rotatable bonds is 2. The lowest BCUT2D eigenvalue weighted by Crippen LogP contribution is -2.50. The lowest BCUT2D eigenvalue weighted by Gasteiger charge is -2.39. The highest BCUT2D eigenvalue weighted by Crippen LogP contribution is 2.41. The van der Waals surface area contributed by atoms with Crippen molar-refractivity contribution in [1.29, 1.82) is 0 Å². The van der Waals surface area contributed by atoms with Gasteiger partial charge in [0, 0.05) is 44.5 Å². The molecule has 1 aliphatic carbocycles. The van der Waals surface area contributed by atoms with Crippen LogP contribution in [0.5, 0.6) is 0 Å². The van der Waals surface area contributed by atoms with Crippen molar-refractivity contribution >= 4 is 17.8 Å². The number of nitrogens with one attached hydrogen (secondary N) is 1. The van der Waals surface area contributed by atoms with Crippen LogP contribution >= 0.6 is 0 Å². The van der Waals surface area contributed by atoms with E-state index in [1.807, 2.05) is 0 Å². The Kier molecular flexibility index (Phi) is 4.65. The summed E-state index contributed by atoms with van der Waals surface area (Å²) in [5.74, 6) is -0.551. The normalized spacial score (nSPS) is 24.2. The van der Waals surface area contributed by atoms with E-state index < -0.39 is 11.6 Å². The molecule has 3 aliphatic rings. The van der Waals surface area contributed by atoms with Gasteiger partial charge in [-0.2, -0.15) is 0 Å². The number of hydrogen-bond acceptors (Lipinski definition) is 4. The van der Waals surface area contributed by atoms with Gasteiger partial charge in [-0.15, -0.1) is 0 Å². The minimum Gasteiger partial charge on any atom is -0.450 e. The molecule has 2 heterocycles. The van der Waals surface area contributed by atoms with Gasteiger partial charge in [0.25, 0.3) is 5.91 Å². The maximum Gasteiger partial charge on any atom is 0.335 e. The van der Waals surface area contributed by atoms with Crippen molar-refractivity contribution in [3.63, 3.8) is 0 Å². The summed E-state index contributed by atoms with van der Waals surface area (Å²) in [6.45, 7) is 4.23. The molecule has 0 radical (unpaired) electrons. The molecular weight excluding hydrogens is 308 g/mol. The zero-order chi connectivity index (χ0) is 17.3. The molecule has 1 saturated heterocycles. The highest BCUT2D eigenvalue weighted by Gasteiger charge is 2.51. The molecule has 132 valence electrons. The molecule has 2 fully saturated rings. The standard InChI is InChI=1S/C18H26N2O4/c1-12-15(16(22)19-14-6-4-3-5-7-14)18(24-17(12)23)8-10-20(11-9-18)13(2)21/h14H,3-11H2,1-2H3,(H,19,22). The molecule has 0 aromatic carbocycles. The molecule has 1 saturated carbocycles. The molecule has 6 heteroatoms. The van der Waals surface area contributed by atoms with Crippen LogP contribution in [-0.2, 0) is 19.1 Å². The molecular formula is C18H26N2O4. The van der Waals surface area contributed by atoms with Crippen LogP contribution < -0.4 is 5.32 Å². The van der Waals surface area contributed by atoms with Gasteiger partial charge >= 0.3 is 5.97 Å². The smallest absolute Gasteiger partial charge is 0.335 e. The number of piperidine rings is 1. The first-order chi connectivity index (χ1) is 11.4. The second-order valence-electron chi connectivity index (χ2n) is 7.20. The van der Waals surface area contributed by atoms with E-state index in [4.69, 9.17) is 4.74 Å². The lowest BCUT2D eigenvalue weighted by molar-refractivity contribution is -0.152. The van der Waals surface area contributed by atoms with Crippen molar-refractivity contribution in [3.8, 4) is 0 Å². The van der Waals surface area contributed by atoms with Crippen LogP contribution in [0.2, 0.25) is 0 Å². The zero-order valence-corrected chi connectivity index (χ0v) is 14.5. The number of hydrogen-bond donors (Lipinski definition) is 1. The first-order valence-corrected chi connectivity index (χ1v) is 8.94. The Morgan fingerprint density at radius 1 is 1.17 bits per heavy atom. The summed E-state index contributed by atoms with van der Waals surface area (Å²) in [5, 5.41) is 3.11. The van der Waals surface area contributed by atoms with Gasteiger partial charge in [-0.05, 0) is 19.8 Å². The number of carbonyl (C=O) groups excluding carboxylic acids is 3. The quantitative estimate of drug-likeness (QED) is 0.780. The summed E-state index contributed by atoms with van der Waals surface area (Å²) in [4.78, 5) is 38.3. The van der Waals surface area contributed by atoms with Crippen molar-refractivity contribution < 1.29 is 19.1 Å². The van der Waals surface area contributed by atoms with E-state index in [1.54, 1.807) is 11.8 Å². The third kappa shape index (κ3) is 3.06. The van der Waals surface area contributed by atoms with E-state index in [0.717, 1.165) is 25.7 Å². The third-order valence-electron chi connectivity index (χ3n) is 5.61. The fraction of sp³-hybridized carbons (Fsp3) is 0.722. The minimum atomic E-state index is -0.855.